The lowest BCUT2D eigenvalue weighted by atomic mass is 9.96. The maximum atomic E-state index is 12.2. The van der Waals surface area contributed by atoms with Gasteiger partial charge in [0, 0.05) is 36.6 Å². The molecule has 1 aromatic heterocycles. The number of nitrogens with zero attached hydrogens (tertiary/aromatic N) is 3. The minimum Gasteiger partial charge on any atom is -0.365 e. The first kappa shape index (κ1) is 22.8. The minimum atomic E-state index is -0.587. The van der Waals surface area contributed by atoms with Crippen LogP contribution in [0.3, 0.4) is 0 Å². The van der Waals surface area contributed by atoms with Crippen LogP contribution >= 0.6 is 0 Å². The molecule has 2 amide bonds. The van der Waals surface area contributed by atoms with Crippen molar-refractivity contribution in [3.8, 4) is 11.1 Å². The zero-order valence-corrected chi connectivity index (χ0v) is 19.7. The molecule has 0 radical (unpaired) electrons. The lowest BCUT2D eigenvalue weighted by Crippen LogP contribution is -2.24. The second-order valence-electron chi connectivity index (χ2n) is 9.20. The maximum Gasteiger partial charge on any atom is 0.254 e. The summed E-state index contributed by atoms with van der Waals surface area (Å²) in [7, 11) is 0. The number of hydrogen-bond acceptors (Lipinski definition) is 6. The number of hydrogen-bond donors (Lipinski definition) is 3. The Morgan fingerprint density at radius 3 is 2.51 bits per heavy atom. The van der Waals surface area contributed by atoms with Gasteiger partial charge in [-0.25, -0.2) is 4.98 Å². The monoisotopic (exact) mass is 470 g/mol. The molecule has 2 heterocycles. The highest BCUT2D eigenvalue weighted by atomic mass is 16.2. The van der Waals surface area contributed by atoms with Gasteiger partial charge in [-0.3, -0.25) is 9.59 Å². The van der Waals surface area contributed by atoms with Gasteiger partial charge in [0.1, 0.15) is 11.4 Å². The third-order valence-electron chi connectivity index (χ3n) is 6.68. The summed E-state index contributed by atoms with van der Waals surface area (Å²) in [5.41, 5.74) is 9.51. The third-order valence-corrected chi connectivity index (χ3v) is 6.68. The van der Waals surface area contributed by atoms with Crippen molar-refractivity contribution < 1.29 is 9.59 Å². The van der Waals surface area contributed by atoms with Crippen molar-refractivity contribution in [2.24, 2.45) is 5.73 Å². The van der Waals surface area contributed by atoms with Gasteiger partial charge in [-0.1, -0.05) is 43.5 Å². The molecule has 1 aliphatic carbocycles. The van der Waals surface area contributed by atoms with Crippen LogP contribution in [0, 0.1) is 0 Å². The van der Waals surface area contributed by atoms with E-state index in [-0.39, 0.29) is 11.5 Å². The molecule has 1 aliphatic heterocycles. The van der Waals surface area contributed by atoms with Gasteiger partial charge in [-0.15, -0.1) is 0 Å². The van der Waals surface area contributed by atoms with E-state index < -0.39 is 5.91 Å². The number of amides is 2. The number of nitrogens with two attached hydrogens (primary N) is 1. The van der Waals surface area contributed by atoms with E-state index in [1.54, 1.807) is 0 Å². The van der Waals surface area contributed by atoms with Crippen LogP contribution in [0.2, 0.25) is 0 Å². The highest BCUT2D eigenvalue weighted by Crippen LogP contribution is 2.30. The standard InChI is InChI=1S/C27H30N6O2/c28-25(35)23-17-29-27(31-20-9-2-1-3-10-20)32-26(23)30-21-11-4-7-18(15-21)19-8-5-12-22(16-19)33-14-6-13-24(33)34/h4-5,7-8,11-12,15-17,20H,1-3,6,9-10,13-14H2,(H2,28,35)(H2,29,30,31,32). The Morgan fingerprint density at radius 1 is 1.00 bits per heavy atom. The van der Waals surface area contributed by atoms with E-state index in [0.29, 0.717) is 24.2 Å². The lowest BCUT2D eigenvalue weighted by molar-refractivity contribution is -0.117. The fourth-order valence-corrected chi connectivity index (χ4v) is 4.84. The van der Waals surface area contributed by atoms with Gasteiger partial charge in [0.25, 0.3) is 5.91 Å². The van der Waals surface area contributed by atoms with Crippen molar-refractivity contribution >= 4 is 35.0 Å². The molecule has 0 spiro atoms. The molecule has 0 unspecified atom stereocenters. The number of carbonyl (C=O) groups is 2. The largest absolute Gasteiger partial charge is 0.365 e. The molecule has 5 rings (SSSR count). The van der Waals surface area contributed by atoms with Gasteiger partial charge in [-0.05, 0) is 54.7 Å². The summed E-state index contributed by atoms with van der Waals surface area (Å²) >= 11 is 0. The minimum absolute atomic E-state index is 0.165. The SMILES string of the molecule is NC(=O)c1cnc(NC2CCCCC2)nc1Nc1cccc(-c2cccc(N3CCCC3=O)c2)c1. The Hall–Kier alpha value is -3.94. The molecular weight excluding hydrogens is 440 g/mol. The second kappa shape index (κ2) is 10.1. The number of anilines is 4. The van der Waals surface area contributed by atoms with Crippen LogP contribution < -0.4 is 21.3 Å². The molecule has 0 atom stereocenters. The van der Waals surface area contributed by atoms with Crippen molar-refractivity contribution in [2.45, 2.75) is 51.0 Å². The molecule has 4 N–H and O–H groups in total. The van der Waals surface area contributed by atoms with Crippen LogP contribution in [-0.4, -0.2) is 34.4 Å². The highest BCUT2D eigenvalue weighted by molar-refractivity contribution is 5.98. The van der Waals surface area contributed by atoms with E-state index in [9.17, 15) is 9.59 Å². The predicted molar refractivity (Wildman–Crippen MR) is 138 cm³/mol. The predicted octanol–water partition coefficient (Wildman–Crippen LogP) is 4.86. The molecule has 2 fully saturated rings. The fraction of sp³-hybridized carbons (Fsp3) is 0.333. The van der Waals surface area contributed by atoms with Crippen molar-refractivity contribution in [1.82, 2.24) is 9.97 Å². The quantitative estimate of drug-likeness (QED) is 0.455. The molecule has 2 aliphatic rings. The molecule has 2 aromatic carbocycles. The molecule has 35 heavy (non-hydrogen) atoms. The first-order valence-corrected chi connectivity index (χ1v) is 12.3. The zero-order chi connectivity index (χ0) is 24.2. The topological polar surface area (TPSA) is 113 Å². The van der Waals surface area contributed by atoms with E-state index in [1.807, 2.05) is 53.4 Å². The smallest absolute Gasteiger partial charge is 0.254 e. The normalized spacial score (nSPS) is 16.3. The van der Waals surface area contributed by atoms with Gasteiger partial charge in [0.05, 0.1) is 0 Å². The number of benzene rings is 2. The van der Waals surface area contributed by atoms with Crippen LogP contribution in [0.25, 0.3) is 11.1 Å². The summed E-state index contributed by atoms with van der Waals surface area (Å²) < 4.78 is 0. The number of rotatable bonds is 7. The van der Waals surface area contributed by atoms with Crippen LogP contribution in [-0.2, 0) is 4.79 Å². The van der Waals surface area contributed by atoms with Gasteiger partial charge in [0.15, 0.2) is 0 Å². The van der Waals surface area contributed by atoms with Crippen molar-refractivity contribution in [3.63, 3.8) is 0 Å². The van der Waals surface area contributed by atoms with E-state index >= 15 is 0 Å². The Kier molecular flexibility index (Phi) is 6.61. The molecular formula is C27H30N6O2. The van der Waals surface area contributed by atoms with Crippen molar-refractivity contribution in [3.05, 3.63) is 60.3 Å². The first-order chi connectivity index (χ1) is 17.1. The van der Waals surface area contributed by atoms with Crippen LogP contribution in [0.5, 0.6) is 0 Å². The Balaban J connectivity index is 1.39. The zero-order valence-electron chi connectivity index (χ0n) is 19.7. The third kappa shape index (κ3) is 5.26. The van der Waals surface area contributed by atoms with Gasteiger partial charge < -0.3 is 21.3 Å². The molecule has 180 valence electrons. The lowest BCUT2D eigenvalue weighted by Gasteiger charge is -2.23. The number of aromatic nitrogens is 2. The molecule has 0 bridgehead atoms. The van der Waals surface area contributed by atoms with Crippen LogP contribution in [0.1, 0.15) is 55.3 Å². The van der Waals surface area contributed by atoms with Crippen molar-refractivity contribution in [1.29, 1.82) is 0 Å². The molecule has 1 saturated heterocycles. The summed E-state index contributed by atoms with van der Waals surface area (Å²) in [5, 5.41) is 6.66. The Morgan fingerprint density at radius 2 is 1.77 bits per heavy atom. The average Bonchev–Trinajstić information content (AvgIpc) is 3.31. The second-order valence-corrected chi connectivity index (χ2v) is 9.20. The van der Waals surface area contributed by atoms with Crippen molar-refractivity contribution in [2.75, 3.05) is 22.1 Å². The Bertz CT molecular complexity index is 1240. The maximum absolute atomic E-state index is 12.2. The van der Waals surface area contributed by atoms with E-state index in [1.165, 1.54) is 25.5 Å². The van der Waals surface area contributed by atoms with Gasteiger partial charge >= 0.3 is 0 Å². The van der Waals surface area contributed by atoms with E-state index in [0.717, 1.165) is 48.3 Å². The highest BCUT2D eigenvalue weighted by Gasteiger charge is 2.22. The van der Waals surface area contributed by atoms with Crippen LogP contribution in [0.15, 0.2) is 54.7 Å². The number of carbonyl (C=O) groups excluding carboxylic acids is 2. The average molecular weight is 471 g/mol. The molecule has 8 heteroatoms. The van der Waals surface area contributed by atoms with E-state index in [4.69, 9.17) is 5.73 Å². The van der Waals surface area contributed by atoms with Gasteiger partial charge in [0.2, 0.25) is 11.9 Å². The fourth-order valence-electron chi connectivity index (χ4n) is 4.84. The first-order valence-electron chi connectivity index (χ1n) is 12.3. The summed E-state index contributed by atoms with van der Waals surface area (Å²) in [4.78, 5) is 35.0. The molecule has 1 saturated carbocycles. The Labute approximate surface area is 205 Å². The number of nitrogens with one attached hydrogen (secondary N) is 2. The van der Waals surface area contributed by atoms with Crippen LogP contribution in [0.4, 0.5) is 23.1 Å². The number of primary amides is 1. The van der Waals surface area contributed by atoms with Gasteiger partial charge in [-0.2, -0.15) is 4.98 Å². The summed E-state index contributed by atoms with van der Waals surface area (Å²) in [5.74, 6) is 0.441. The molecule has 8 nitrogen and oxygen atoms in total. The summed E-state index contributed by atoms with van der Waals surface area (Å²) in [6.07, 6.45) is 8.80. The summed E-state index contributed by atoms with van der Waals surface area (Å²) in [6.45, 7) is 0.755. The van der Waals surface area contributed by atoms with E-state index in [2.05, 4.69) is 20.6 Å². The molecule has 3 aromatic rings. The summed E-state index contributed by atoms with van der Waals surface area (Å²) in [6, 6.07) is 16.2.